The van der Waals surface area contributed by atoms with Crippen LogP contribution in [0.3, 0.4) is 0 Å². The van der Waals surface area contributed by atoms with Crippen molar-refractivity contribution in [2.45, 2.75) is 13.8 Å². The molecule has 0 amide bonds. The Bertz CT molecular complexity index is 221. The molecule has 0 aromatic carbocycles. The molecule has 1 aliphatic rings. The van der Waals surface area contributed by atoms with E-state index in [2.05, 4.69) is 4.99 Å². The number of rotatable bonds is 0. The third-order valence-corrected chi connectivity index (χ3v) is 1.37. The van der Waals surface area contributed by atoms with Crippen molar-refractivity contribution in [3.8, 4) is 0 Å². The molecule has 0 unspecified atom stereocenters. The average molecular weight is 136 g/mol. The van der Waals surface area contributed by atoms with E-state index in [1.807, 2.05) is 26.0 Å². The summed E-state index contributed by atoms with van der Waals surface area (Å²) in [5.74, 6) is 0. The molecular weight excluding hydrogens is 124 g/mol. The predicted molar refractivity (Wildman–Crippen MR) is 44.0 cm³/mol. The molecule has 0 bridgehead atoms. The van der Waals surface area contributed by atoms with Gasteiger partial charge in [0.05, 0.1) is 6.54 Å². The van der Waals surface area contributed by atoms with E-state index in [9.17, 15) is 0 Å². The van der Waals surface area contributed by atoms with Crippen LogP contribution < -0.4 is 5.73 Å². The van der Waals surface area contributed by atoms with E-state index in [1.165, 1.54) is 5.57 Å². The summed E-state index contributed by atoms with van der Waals surface area (Å²) < 4.78 is 0. The molecule has 0 radical (unpaired) electrons. The van der Waals surface area contributed by atoms with Crippen LogP contribution in [0.25, 0.3) is 0 Å². The van der Waals surface area contributed by atoms with Gasteiger partial charge in [-0.15, -0.1) is 0 Å². The number of nitrogens with zero attached hydrogens (tertiary/aromatic N) is 1. The molecule has 0 saturated carbocycles. The zero-order chi connectivity index (χ0) is 7.56. The van der Waals surface area contributed by atoms with Crippen molar-refractivity contribution in [1.82, 2.24) is 0 Å². The summed E-state index contributed by atoms with van der Waals surface area (Å²) in [5.41, 5.74) is 8.64. The first-order chi connectivity index (χ1) is 4.68. The second-order valence-corrected chi connectivity index (χ2v) is 2.59. The van der Waals surface area contributed by atoms with Crippen LogP contribution in [0.2, 0.25) is 0 Å². The van der Waals surface area contributed by atoms with Crippen molar-refractivity contribution in [1.29, 1.82) is 0 Å². The van der Waals surface area contributed by atoms with Crippen LogP contribution in [-0.4, -0.2) is 12.3 Å². The molecule has 0 aliphatic carbocycles. The maximum absolute atomic E-state index is 5.62. The average Bonchev–Trinajstić information content (AvgIpc) is 1.93. The van der Waals surface area contributed by atoms with Crippen molar-refractivity contribution in [3.05, 3.63) is 23.4 Å². The second kappa shape index (κ2) is 2.69. The minimum atomic E-state index is 0.781. The van der Waals surface area contributed by atoms with E-state index in [0.717, 1.165) is 18.0 Å². The number of nitrogens with two attached hydrogens (primary N) is 1. The first kappa shape index (κ1) is 7.06. The van der Waals surface area contributed by atoms with Crippen molar-refractivity contribution in [2.75, 3.05) is 6.54 Å². The van der Waals surface area contributed by atoms with Crippen LogP contribution in [0.5, 0.6) is 0 Å². The highest BCUT2D eigenvalue weighted by Gasteiger charge is 1.95. The van der Waals surface area contributed by atoms with Gasteiger partial charge in [0.2, 0.25) is 0 Å². The van der Waals surface area contributed by atoms with Gasteiger partial charge in [-0.2, -0.15) is 0 Å². The standard InChI is InChI=1S/C8H12N2/c1-6-3-8(9)4-7(2)10-5-6/h3-4H,5,9H2,1-2H3. The van der Waals surface area contributed by atoms with Gasteiger partial charge in [-0.3, -0.25) is 4.99 Å². The van der Waals surface area contributed by atoms with Gasteiger partial charge in [0.15, 0.2) is 0 Å². The molecule has 0 aromatic heterocycles. The monoisotopic (exact) mass is 136 g/mol. The largest absolute Gasteiger partial charge is 0.399 e. The van der Waals surface area contributed by atoms with Gasteiger partial charge in [-0.05, 0) is 31.6 Å². The SMILES string of the molecule is CC1=CC(N)=CC(C)=NC1. The molecule has 54 valence electrons. The lowest BCUT2D eigenvalue weighted by Gasteiger charge is -1.90. The first-order valence-electron chi connectivity index (χ1n) is 3.34. The molecule has 2 heteroatoms. The molecule has 0 spiro atoms. The quantitative estimate of drug-likeness (QED) is 0.534. The number of aliphatic imine (C=N–C) groups is 1. The normalized spacial score (nSPS) is 18.8. The van der Waals surface area contributed by atoms with Crippen molar-refractivity contribution in [3.63, 3.8) is 0 Å². The summed E-state index contributed by atoms with van der Waals surface area (Å²) in [6, 6.07) is 0. The van der Waals surface area contributed by atoms with Crippen LogP contribution in [-0.2, 0) is 0 Å². The summed E-state index contributed by atoms with van der Waals surface area (Å²) in [6.45, 7) is 4.77. The molecule has 1 rings (SSSR count). The van der Waals surface area contributed by atoms with Gasteiger partial charge < -0.3 is 5.73 Å². The number of hydrogen-bond acceptors (Lipinski definition) is 2. The minimum absolute atomic E-state index is 0.781. The van der Waals surface area contributed by atoms with E-state index < -0.39 is 0 Å². The first-order valence-corrected chi connectivity index (χ1v) is 3.34. The fraction of sp³-hybridized carbons (Fsp3) is 0.375. The van der Waals surface area contributed by atoms with Gasteiger partial charge >= 0.3 is 0 Å². The Morgan fingerprint density at radius 1 is 1.40 bits per heavy atom. The number of allylic oxidation sites excluding steroid dienone is 2. The molecule has 2 N–H and O–H groups in total. The summed E-state index contributed by atoms with van der Waals surface area (Å²) >= 11 is 0. The van der Waals surface area contributed by atoms with E-state index >= 15 is 0 Å². The smallest absolute Gasteiger partial charge is 0.0603 e. The number of hydrogen-bond donors (Lipinski definition) is 1. The summed E-state index contributed by atoms with van der Waals surface area (Å²) in [5, 5.41) is 0. The summed E-state index contributed by atoms with van der Waals surface area (Å²) in [4.78, 5) is 4.25. The minimum Gasteiger partial charge on any atom is -0.399 e. The van der Waals surface area contributed by atoms with E-state index in [0.29, 0.717) is 0 Å². The Morgan fingerprint density at radius 3 is 2.80 bits per heavy atom. The molecule has 0 atom stereocenters. The summed E-state index contributed by atoms with van der Waals surface area (Å²) in [7, 11) is 0. The topological polar surface area (TPSA) is 38.4 Å². The van der Waals surface area contributed by atoms with Crippen LogP contribution in [0, 0.1) is 0 Å². The highest BCUT2D eigenvalue weighted by molar-refractivity contribution is 5.94. The summed E-state index contributed by atoms with van der Waals surface area (Å²) in [6.07, 6.45) is 3.84. The lowest BCUT2D eigenvalue weighted by Crippen LogP contribution is -1.95. The highest BCUT2D eigenvalue weighted by atomic mass is 14.7. The predicted octanol–water partition coefficient (Wildman–Crippen LogP) is 1.25. The Labute approximate surface area is 61.1 Å². The third kappa shape index (κ3) is 1.72. The van der Waals surface area contributed by atoms with Gasteiger partial charge in [0.1, 0.15) is 0 Å². The Morgan fingerprint density at radius 2 is 2.10 bits per heavy atom. The molecule has 0 fully saturated rings. The van der Waals surface area contributed by atoms with Crippen molar-refractivity contribution in [2.24, 2.45) is 10.7 Å². The van der Waals surface area contributed by atoms with Gasteiger partial charge in [-0.25, -0.2) is 0 Å². The van der Waals surface area contributed by atoms with Crippen LogP contribution in [0.15, 0.2) is 28.4 Å². The zero-order valence-electron chi connectivity index (χ0n) is 6.39. The van der Waals surface area contributed by atoms with Gasteiger partial charge in [0, 0.05) is 11.4 Å². The van der Waals surface area contributed by atoms with Crippen molar-refractivity contribution < 1.29 is 0 Å². The van der Waals surface area contributed by atoms with Crippen molar-refractivity contribution >= 4 is 5.71 Å². The lowest BCUT2D eigenvalue weighted by molar-refractivity contribution is 1.13. The van der Waals surface area contributed by atoms with E-state index in [4.69, 9.17) is 5.73 Å². The molecule has 1 heterocycles. The molecular formula is C8H12N2. The van der Waals surface area contributed by atoms with E-state index in [-0.39, 0.29) is 0 Å². The Hall–Kier alpha value is -1.05. The van der Waals surface area contributed by atoms with Crippen LogP contribution in [0.1, 0.15) is 13.8 Å². The fourth-order valence-electron chi connectivity index (χ4n) is 0.908. The third-order valence-electron chi connectivity index (χ3n) is 1.37. The molecule has 1 aliphatic heterocycles. The molecule has 0 aromatic rings. The van der Waals surface area contributed by atoms with Gasteiger partial charge in [-0.1, -0.05) is 0 Å². The molecule has 10 heavy (non-hydrogen) atoms. The molecule has 2 nitrogen and oxygen atoms in total. The Kier molecular flexibility index (Phi) is 1.90. The fourth-order valence-corrected chi connectivity index (χ4v) is 0.908. The van der Waals surface area contributed by atoms with Crippen LogP contribution >= 0.6 is 0 Å². The molecule has 0 saturated heterocycles. The maximum Gasteiger partial charge on any atom is 0.0603 e. The van der Waals surface area contributed by atoms with Gasteiger partial charge in [0.25, 0.3) is 0 Å². The van der Waals surface area contributed by atoms with E-state index in [1.54, 1.807) is 0 Å². The van der Waals surface area contributed by atoms with Crippen LogP contribution in [0.4, 0.5) is 0 Å². The maximum atomic E-state index is 5.62. The highest BCUT2D eigenvalue weighted by Crippen LogP contribution is 2.03. The zero-order valence-corrected chi connectivity index (χ0v) is 6.39. The Balaban J connectivity index is 2.90. The lowest BCUT2D eigenvalue weighted by atomic mass is 10.2. The second-order valence-electron chi connectivity index (χ2n) is 2.59.